The number of hydrogen-bond donors (Lipinski definition) is 1. The highest BCUT2D eigenvalue weighted by molar-refractivity contribution is 5.95. The lowest BCUT2D eigenvalue weighted by atomic mass is 10.1. The highest BCUT2D eigenvalue weighted by atomic mass is 16.5. The highest BCUT2D eigenvalue weighted by Gasteiger charge is 2.24. The van der Waals surface area contributed by atoms with Crippen molar-refractivity contribution in [2.24, 2.45) is 5.92 Å². The van der Waals surface area contributed by atoms with E-state index in [-0.39, 0.29) is 17.9 Å². The Morgan fingerprint density at radius 3 is 2.66 bits per heavy atom. The van der Waals surface area contributed by atoms with Crippen LogP contribution in [0, 0.1) is 12.8 Å². The maximum atomic E-state index is 12.8. The monoisotopic (exact) mass is 401 g/mol. The van der Waals surface area contributed by atoms with Crippen molar-refractivity contribution in [1.29, 1.82) is 0 Å². The fraction of sp³-hybridized carbons (Fsp3) is 0.652. The predicted molar refractivity (Wildman–Crippen MR) is 115 cm³/mol. The zero-order valence-corrected chi connectivity index (χ0v) is 18.1. The minimum Gasteiger partial charge on any atom is -0.378 e. The summed E-state index contributed by atoms with van der Waals surface area (Å²) in [5, 5.41) is 3.16. The molecule has 0 saturated carbocycles. The molecule has 2 amide bonds. The molecule has 6 nitrogen and oxygen atoms in total. The van der Waals surface area contributed by atoms with Crippen LogP contribution in [0.5, 0.6) is 0 Å². The minimum absolute atomic E-state index is 0.0466. The minimum atomic E-state index is -0.0466. The summed E-state index contributed by atoms with van der Waals surface area (Å²) in [6, 6.07) is 5.97. The molecule has 2 saturated heterocycles. The molecule has 2 fully saturated rings. The third kappa shape index (κ3) is 5.95. The van der Waals surface area contributed by atoms with Crippen molar-refractivity contribution in [2.45, 2.75) is 52.5 Å². The normalized spacial score (nSPS) is 20.7. The van der Waals surface area contributed by atoms with Gasteiger partial charge in [0.1, 0.15) is 0 Å². The van der Waals surface area contributed by atoms with Crippen molar-refractivity contribution in [3.63, 3.8) is 0 Å². The summed E-state index contributed by atoms with van der Waals surface area (Å²) in [4.78, 5) is 29.4. The second-order valence-electron chi connectivity index (χ2n) is 8.66. The van der Waals surface area contributed by atoms with Gasteiger partial charge in [-0.2, -0.15) is 0 Å². The SMILES string of the molecule is Cc1cc(C(=O)NC2CCC(=O)N(CCC(C)C)CC2)ccc1N1CCOCC1. The molecule has 0 radical (unpaired) electrons. The number of benzene rings is 1. The Hall–Kier alpha value is -2.08. The molecule has 2 aliphatic rings. The summed E-state index contributed by atoms with van der Waals surface area (Å²) in [6.45, 7) is 11.2. The van der Waals surface area contributed by atoms with Gasteiger partial charge in [0.15, 0.2) is 0 Å². The molecule has 1 N–H and O–H groups in total. The molecule has 1 unspecified atom stereocenters. The van der Waals surface area contributed by atoms with Crippen LogP contribution in [0.1, 0.15) is 55.5 Å². The van der Waals surface area contributed by atoms with E-state index in [4.69, 9.17) is 4.74 Å². The van der Waals surface area contributed by atoms with Crippen LogP contribution in [-0.4, -0.2) is 62.1 Å². The van der Waals surface area contributed by atoms with Gasteiger partial charge in [-0.3, -0.25) is 9.59 Å². The number of morpholine rings is 1. The standard InChI is InChI=1S/C23H35N3O3/c1-17(2)8-10-26-11-9-20(5-7-22(26)27)24-23(28)19-4-6-21(18(3)16-19)25-12-14-29-15-13-25/h4,6,16-17,20H,5,7-15H2,1-3H3,(H,24,28). The van der Waals surface area contributed by atoms with Crippen molar-refractivity contribution in [3.05, 3.63) is 29.3 Å². The second kappa shape index (κ2) is 10.1. The Balaban J connectivity index is 1.57. The first kappa shape index (κ1) is 21.6. The lowest BCUT2D eigenvalue weighted by Crippen LogP contribution is -2.37. The van der Waals surface area contributed by atoms with Crippen molar-refractivity contribution < 1.29 is 14.3 Å². The van der Waals surface area contributed by atoms with E-state index in [1.807, 2.05) is 23.1 Å². The maximum absolute atomic E-state index is 12.8. The number of amides is 2. The molecule has 29 heavy (non-hydrogen) atoms. The van der Waals surface area contributed by atoms with Gasteiger partial charge in [0.2, 0.25) is 5.91 Å². The lowest BCUT2D eigenvalue weighted by molar-refractivity contribution is -0.130. The quantitative estimate of drug-likeness (QED) is 0.796. The van der Waals surface area contributed by atoms with Crippen molar-refractivity contribution in [1.82, 2.24) is 10.2 Å². The Kier molecular flexibility index (Phi) is 7.53. The van der Waals surface area contributed by atoms with Gasteiger partial charge < -0.3 is 19.9 Å². The van der Waals surface area contributed by atoms with Gasteiger partial charge in [-0.1, -0.05) is 13.8 Å². The van der Waals surface area contributed by atoms with E-state index in [1.165, 1.54) is 5.69 Å². The molecular weight excluding hydrogens is 366 g/mol. The zero-order chi connectivity index (χ0) is 20.8. The molecule has 2 heterocycles. The summed E-state index contributed by atoms with van der Waals surface area (Å²) < 4.78 is 5.43. The summed E-state index contributed by atoms with van der Waals surface area (Å²) in [6.07, 6.45) is 3.07. The third-order valence-electron chi connectivity index (χ3n) is 5.93. The van der Waals surface area contributed by atoms with Crippen LogP contribution in [-0.2, 0) is 9.53 Å². The number of anilines is 1. The van der Waals surface area contributed by atoms with Crippen LogP contribution in [0.25, 0.3) is 0 Å². The van der Waals surface area contributed by atoms with E-state index in [0.717, 1.165) is 57.8 Å². The van der Waals surface area contributed by atoms with E-state index in [0.29, 0.717) is 24.3 Å². The number of nitrogens with zero attached hydrogens (tertiary/aromatic N) is 2. The van der Waals surface area contributed by atoms with Crippen molar-refractivity contribution >= 4 is 17.5 Å². The van der Waals surface area contributed by atoms with Crippen LogP contribution >= 0.6 is 0 Å². The van der Waals surface area contributed by atoms with E-state index in [9.17, 15) is 9.59 Å². The first-order valence-electron chi connectivity index (χ1n) is 11.0. The first-order chi connectivity index (χ1) is 13.9. The second-order valence-corrected chi connectivity index (χ2v) is 8.66. The Labute approximate surface area is 174 Å². The molecule has 1 aromatic rings. The van der Waals surface area contributed by atoms with E-state index < -0.39 is 0 Å². The number of hydrogen-bond acceptors (Lipinski definition) is 4. The summed E-state index contributed by atoms with van der Waals surface area (Å²) >= 11 is 0. The number of aryl methyl sites for hydroxylation is 1. The Morgan fingerprint density at radius 2 is 1.97 bits per heavy atom. The fourth-order valence-electron chi connectivity index (χ4n) is 4.06. The van der Waals surface area contributed by atoms with Gasteiger partial charge in [-0.15, -0.1) is 0 Å². The van der Waals surface area contributed by atoms with Gasteiger partial charge >= 0.3 is 0 Å². The molecule has 0 aliphatic carbocycles. The van der Waals surface area contributed by atoms with E-state index in [1.54, 1.807) is 0 Å². The first-order valence-corrected chi connectivity index (χ1v) is 11.0. The van der Waals surface area contributed by atoms with Gasteiger partial charge in [-0.05, 0) is 55.9 Å². The summed E-state index contributed by atoms with van der Waals surface area (Å²) in [7, 11) is 0. The van der Waals surface area contributed by atoms with Gasteiger partial charge in [0, 0.05) is 49.9 Å². The lowest BCUT2D eigenvalue weighted by Gasteiger charge is -2.30. The molecule has 2 aliphatic heterocycles. The van der Waals surface area contributed by atoms with Crippen LogP contribution in [0.3, 0.4) is 0 Å². The number of rotatable bonds is 6. The van der Waals surface area contributed by atoms with Crippen molar-refractivity contribution in [3.8, 4) is 0 Å². The average molecular weight is 402 g/mol. The van der Waals surface area contributed by atoms with E-state index >= 15 is 0 Å². The van der Waals surface area contributed by atoms with Crippen molar-refractivity contribution in [2.75, 3.05) is 44.3 Å². The predicted octanol–water partition coefficient (Wildman–Crippen LogP) is 2.99. The number of carbonyl (C=O) groups excluding carboxylic acids is 2. The average Bonchev–Trinajstić information content (AvgIpc) is 2.88. The number of carbonyl (C=O) groups is 2. The smallest absolute Gasteiger partial charge is 0.251 e. The zero-order valence-electron chi connectivity index (χ0n) is 18.1. The fourth-order valence-corrected chi connectivity index (χ4v) is 4.06. The molecule has 3 rings (SSSR count). The molecule has 1 atom stereocenters. The highest BCUT2D eigenvalue weighted by Crippen LogP contribution is 2.23. The van der Waals surface area contributed by atoms with Crippen LogP contribution in [0.4, 0.5) is 5.69 Å². The topological polar surface area (TPSA) is 61.9 Å². The molecule has 0 spiro atoms. The molecule has 0 aromatic heterocycles. The van der Waals surface area contributed by atoms with Gasteiger partial charge in [0.25, 0.3) is 5.91 Å². The maximum Gasteiger partial charge on any atom is 0.251 e. The molecule has 0 bridgehead atoms. The third-order valence-corrected chi connectivity index (χ3v) is 5.93. The number of likely N-dealkylation sites (tertiary alicyclic amines) is 1. The van der Waals surface area contributed by atoms with Gasteiger partial charge in [0.05, 0.1) is 13.2 Å². The summed E-state index contributed by atoms with van der Waals surface area (Å²) in [5.74, 6) is 0.757. The van der Waals surface area contributed by atoms with Gasteiger partial charge in [-0.25, -0.2) is 0 Å². The van der Waals surface area contributed by atoms with Crippen LogP contribution in [0.2, 0.25) is 0 Å². The molecule has 6 heteroatoms. The van der Waals surface area contributed by atoms with Crippen LogP contribution < -0.4 is 10.2 Å². The van der Waals surface area contributed by atoms with Crippen LogP contribution in [0.15, 0.2) is 18.2 Å². The largest absolute Gasteiger partial charge is 0.378 e. The number of ether oxygens (including phenoxy) is 1. The molecule has 160 valence electrons. The molecule has 1 aromatic carbocycles. The number of nitrogens with one attached hydrogen (secondary N) is 1. The van der Waals surface area contributed by atoms with E-state index in [2.05, 4.69) is 31.0 Å². The Morgan fingerprint density at radius 1 is 1.21 bits per heavy atom. The summed E-state index contributed by atoms with van der Waals surface area (Å²) in [5.41, 5.74) is 2.97. The molecular formula is C23H35N3O3. The Bertz CT molecular complexity index is 713.